The van der Waals surface area contributed by atoms with Gasteiger partial charge in [0.25, 0.3) is 0 Å². The van der Waals surface area contributed by atoms with E-state index in [4.69, 9.17) is 4.74 Å². The molecule has 1 heterocycles. The summed E-state index contributed by atoms with van der Waals surface area (Å²) in [6.45, 7) is 4.01. The van der Waals surface area contributed by atoms with E-state index in [0.717, 1.165) is 25.3 Å². The van der Waals surface area contributed by atoms with Crippen LogP contribution in [0.1, 0.15) is 16.8 Å². The highest BCUT2D eigenvalue weighted by atomic mass is 16.5. The smallest absolute Gasteiger partial charge is 0.119 e. The largest absolute Gasteiger partial charge is 0.497 e. The molecule has 0 fully saturated rings. The van der Waals surface area contributed by atoms with Crippen molar-refractivity contribution in [1.29, 1.82) is 0 Å². The highest BCUT2D eigenvalue weighted by Gasteiger charge is 2.15. The molecule has 0 atom stereocenters. The van der Waals surface area contributed by atoms with Gasteiger partial charge in [0, 0.05) is 29.6 Å². The van der Waals surface area contributed by atoms with Crippen LogP contribution in [0.25, 0.3) is 10.9 Å². The SMILES string of the molecule is COc1ccc2c(c1)c(CC[NH3+])c(C)n2Cc1ccccc1. The molecule has 0 aliphatic rings. The number of rotatable bonds is 5. The zero-order valence-electron chi connectivity index (χ0n) is 13.3. The Hall–Kier alpha value is -2.26. The van der Waals surface area contributed by atoms with Crippen molar-refractivity contribution in [1.82, 2.24) is 4.57 Å². The van der Waals surface area contributed by atoms with Crippen molar-refractivity contribution in [3.63, 3.8) is 0 Å². The summed E-state index contributed by atoms with van der Waals surface area (Å²) in [6.07, 6.45) is 0.997. The van der Waals surface area contributed by atoms with E-state index in [1.807, 2.05) is 6.07 Å². The molecular formula is C19H23N2O+. The summed E-state index contributed by atoms with van der Waals surface area (Å²) in [5.41, 5.74) is 9.33. The standard InChI is InChI=1S/C19H22N2O/c1-14-17(10-11-20)18-12-16(22-2)8-9-19(18)21(14)13-15-6-4-3-5-7-15/h3-9,12H,10-11,13,20H2,1-2H3/p+1. The third kappa shape index (κ3) is 2.60. The number of aromatic nitrogens is 1. The zero-order chi connectivity index (χ0) is 15.5. The Morgan fingerprint density at radius 2 is 1.86 bits per heavy atom. The Labute approximate surface area is 131 Å². The summed E-state index contributed by atoms with van der Waals surface area (Å²) < 4.78 is 7.80. The number of nitrogens with zero attached hydrogens (tertiary/aromatic N) is 1. The van der Waals surface area contributed by atoms with Crippen LogP contribution < -0.4 is 10.5 Å². The van der Waals surface area contributed by atoms with E-state index in [1.54, 1.807) is 7.11 Å². The molecule has 0 saturated heterocycles. The first-order valence-corrected chi connectivity index (χ1v) is 7.73. The molecule has 2 aromatic carbocycles. The molecule has 3 N–H and O–H groups in total. The molecule has 3 aromatic rings. The summed E-state index contributed by atoms with van der Waals surface area (Å²) in [4.78, 5) is 0. The highest BCUT2D eigenvalue weighted by molar-refractivity contribution is 5.87. The minimum absolute atomic E-state index is 0.895. The first-order valence-electron chi connectivity index (χ1n) is 7.73. The number of benzene rings is 2. The van der Waals surface area contributed by atoms with E-state index >= 15 is 0 Å². The van der Waals surface area contributed by atoms with Gasteiger partial charge in [0.15, 0.2) is 0 Å². The molecule has 3 rings (SSSR count). The number of fused-ring (bicyclic) bond motifs is 1. The Balaban J connectivity index is 2.14. The fourth-order valence-electron chi connectivity index (χ4n) is 3.12. The molecular weight excluding hydrogens is 272 g/mol. The fraction of sp³-hybridized carbons (Fsp3) is 0.263. The lowest BCUT2D eigenvalue weighted by Crippen LogP contribution is -2.51. The van der Waals surface area contributed by atoms with Crippen LogP contribution in [-0.2, 0) is 13.0 Å². The second-order valence-electron chi connectivity index (χ2n) is 5.62. The summed E-state index contributed by atoms with van der Waals surface area (Å²) in [5.74, 6) is 0.912. The van der Waals surface area contributed by atoms with Crippen LogP contribution in [0.15, 0.2) is 48.5 Å². The number of ether oxygens (including phenoxy) is 1. The fourth-order valence-corrected chi connectivity index (χ4v) is 3.12. The summed E-state index contributed by atoms with van der Waals surface area (Å²) in [6, 6.07) is 16.9. The van der Waals surface area contributed by atoms with Gasteiger partial charge in [-0.1, -0.05) is 30.3 Å². The summed E-state index contributed by atoms with van der Waals surface area (Å²) in [7, 11) is 1.72. The van der Waals surface area contributed by atoms with Gasteiger partial charge in [-0.3, -0.25) is 0 Å². The van der Waals surface area contributed by atoms with E-state index in [1.165, 1.54) is 27.7 Å². The van der Waals surface area contributed by atoms with Crippen LogP contribution in [0, 0.1) is 6.92 Å². The van der Waals surface area contributed by atoms with Gasteiger partial charge < -0.3 is 15.0 Å². The Bertz CT molecular complexity index is 775. The van der Waals surface area contributed by atoms with E-state index in [0.29, 0.717) is 0 Å². The van der Waals surface area contributed by atoms with Crippen LogP contribution in [0.3, 0.4) is 0 Å². The van der Waals surface area contributed by atoms with Crippen LogP contribution in [-0.4, -0.2) is 18.2 Å². The minimum atomic E-state index is 0.895. The van der Waals surface area contributed by atoms with Crippen molar-refractivity contribution >= 4 is 10.9 Å². The lowest BCUT2D eigenvalue weighted by atomic mass is 10.1. The molecule has 0 aliphatic heterocycles. The molecule has 0 radical (unpaired) electrons. The Kier molecular flexibility index (Phi) is 4.16. The van der Waals surface area contributed by atoms with Gasteiger partial charge in [-0.05, 0) is 36.2 Å². The third-order valence-corrected chi connectivity index (χ3v) is 4.27. The normalized spacial score (nSPS) is 11.0. The minimum Gasteiger partial charge on any atom is -0.497 e. The molecule has 1 aromatic heterocycles. The van der Waals surface area contributed by atoms with E-state index in [9.17, 15) is 0 Å². The molecule has 3 nitrogen and oxygen atoms in total. The number of hydrogen-bond acceptors (Lipinski definition) is 1. The molecule has 0 spiro atoms. The van der Waals surface area contributed by atoms with Crippen LogP contribution in [0.5, 0.6) is 5.75 Å². The summed E-state index contributed by atoms with van der Waals surface area (Å²) >= 11 is 0. The second kappa shape index (κ2) is 6.24. The van der Waals surface area contributed by atoms with E-state index in [-0.39, 0.29) is 0 Å². The van der Waals surface area contributed by atoms with Gasteiger partial charge in [0.1, 0.15) is 5.75 Å². The Morgan fingerprint density at radius 3 is 2.55 bits per heavy atom. The predicted molar refractivity (Wildman–Crippen MR) is 90.2 cm³/mol. The topological polar surface area (TPSA) is 41.8 Å². The van der Waals surface area contributed by atoms with Crippen molar-refractivity contribution < 1.29 is 10.5 Å². The highest BCUT2D eigenvalue weighted by Crippen LogP contribution is 2.30. The van der Waals surface area contributed by atoms with Crippen molar-refractivity contribution in [2.75, 3.05) is 13.7 Å². The molecule has 22 heavy (non-hydrogen) atoms. The summed E-state index contributed by atoms with van der Waals surface area (Å²) in [5, 5.41) is 1.29. The van der Waals surface area contributed by atoms with Crippen LogP contribution in [0.4, 0.5) is 0 Å². The first-order chi connectivity index (χ1) is 10.7. The molecule has 0 aliphatic carbocycles. The molecule has 0 amide bonds. The average molecular weight is 295 g/mol. The quantitative estimate of drug-likeness (QED) is 0.772. The van der Waals surface area contributed by atoms with Crippen LogP contribution >= 0.6 is 0 Å². The predicted octanol–water partition coefficient (Wildman–Crippen LogP) is 2.79. The lowest BCUT2D eigenvalue weighted by molar-refractivity contribution is -0.366. The van der Waals surface area contributed by atoms with Gasteiger partial charge in [0.2, 0.25) is 0 Å². The molecule has 0 unspecified atom stereocenters. The third-order valence-electron chi connectivity index (χ3n) is 4.27. The van der Waals surface area contributed by atoms with Crippen molar-refractivity contribution in [2.24, 2.45) is 0 Å². The van der Waals surface area contributed by atoms with E-state index in [2.05, 4.69) is 59.7 Å². The Morgan fingerprint density at radius 1 is 1.09 bits per heavy atom. The maximum absolute atomic E-state index is 5.40. The molecule has 0 bridgehead atoms. The van der Waals surface area contributed by atoms with Crippen LogP contribution in [0.2, 0.25) is 0 Å². The van der Waals surface area contributed by atoms with Gasteiger partial charge in [0.05, 0.1) is 13.7 Å². The van der Waals surface area contributed by atoms with Crippen molar-refractivity contribution in [3.05, 3.63) is 65.4 Å². The van der Waals surface area contributed by atoms with Gasteiger partial charge >= 0.3 is 0 Å². The first kappa shape index (κ1) is 14.7. The zero-order valence-corrected chi connectivity index (χ0v) is 13.3. The maximum atomic E-state index is 5.40. The number of hydrogen-bond donors (Lipinski definition) is 1. The molecule has 0 saturated carbocycles. The van der Waals surface area contributed by atoms with Crippen molar-refractivity contribution in [2.45, 2.75) is 19.9 Å². The lowest BCUT2D eigenvalue weighted by Gasteiger charge is -2.09. The number of quaternary nitrogens is 1. The molecule has 3 heteroatoms. The van der Waals surface area contributed by atoms with Gasteiger partial charge in [-0.15, -0.1) is 0 Å². The van der Waals surface area contributed by atoms with Gasteiger partial charge in [-0.25, -0.2) is 0 Å². The van der Waals surface area contributed by atoms with Gasteiger partial charge in [-0.2, -0.15) is 0 Å². The van der Waals surface area contributed by atoms with E-state index < -0.39 is 0 Å². The average Bonchev–Trinajstić information content (AvgIpc) is 2.81. The van der Waals surface area contributed by atoms with Crippen molar-refractivity contribution in [3.8, 4) is 5.75 Å². The number of methoxy groups -OCH3 is 1. The monoisotopic (exact) mass is 295 g/mol. The molecule has 114 valence electrons. The maximum Gasteiger partial charge on any atom is 0.119 e. The second-order valence-corrected chi connectivity index (χ2v) is 5.62.